The number of rotatable bonds is 62. The van der Waals surface area contributed by atoms with Gasteiger partial charge in [0.1, 0.15) is 19.3 Å². The fraction of sp³-hybridized carbons (Fsp3) is 0.804. The van der Waals surface area contributed by atoms with Crippen LogP contribution in [-0.2, 0) is 105 Å². The Bertz CT molecular complexity index is 4160. The van der Waals surface area contributed by atoms with Crippen LogP contribution in [0.25, 0.3) is 0 Å². The van der Waals surface area contributed by atoms with Crippen LogP contribution in [0.1, 0.15) is 143 Å². The molecule has 0 saturated heterocycles. The van der Waals surface area contributed by atoms with Crippen molar-refractivity contribution < 1.29 is 110 Å². The first kappa shape index (κ1) is 134. The molecule has 1 N–H and O–H groups in total. The van der Waals surface area contributed by atoms with Gasteiger partial charge in [0.25, 0.3) is 0 Å². The molecule has 0 aromatic carbocycles. The Morgan fingerprint density at radius 3 is 0.493 bits per heavy atom. The lowest BCUT2D eigenvalue weighted by atomic mass is 9.74. The molecule has 41 nitrogen and oxygen atoms in total. The van der Waals surface area contributed by atoms with Gasteiger partial charge in [-0.15, -0.1) is 11.8 Å². The van der Waals surface area contributed by atoms with Crippen LogP contribution in [0.2, 0.25) is 0 Å². The molecular weight excluding hydrogens is 1880 g/mol. The highest BCUT2D eigenvalue weighted by Gasteiger charge is 2.47. The van der Waals surface area contributed by atoms with Crippen molar-refractivity contribution >= 4 is 130 Å². The topological polar surface area (TPSA) is 438 Å². The van der Waals surface area contributed by atoms with Crippen LogP contribution in [0.5, 0.6) is 0 Å². The summed E-state index contributed by atoms with van der Waals surface area (Å²) in [5, 5.41) is 10.5. The van der Waals surface area contributed by atoms with Gasteiger partial charge in [-0.3, -0.25) is 95.9 Å². The van der Waals surface area contributed by atoms with Gasteiger partial charge in [-0.2, -0.15) is 0 Å². The Kier molecular flexibility index (Phi) is 58.2. The van der Waals surface area contributed by atoms with E-state index in [1.807, 2.05) is 6.92 Å². The van der Waals surface area contributed by atoms with Crippen molar-refractivity contribution in [1.82, 2.24) is 88.2 Å². The highest BCUT2D eigenvalue weighted by Crippen LogP contribution is 2.42. The summed E-state index contributed by atoms with van der Waals surface area (Å²) < 4.78 is 10.5. The van der Waals surface area contributed by atoms with Crippen LogP contribution >= 0.6 is 11.8 Å². The predicted molar refractivity (Wildman–Crippen MR) is 553 cm³/mol. The van der Waals surface area contributed by atoms with E-state index in [0.717, 1.165) is 11.8 Å². The first-order valence-corrected chi connectivity index (χ1v) is 50.7. The molecule has 18 amide bonds. The number of amides is 18. The molecule has 0 fully saturated rings. The van der Waals surface area contributed by atoms with Crippen LogP contribution < -0.4 is 0 Å². The lowest BCUT2D eigenvalue weighted by molar-refractivity contribution is -0.159. The average Bonchev–Trinajstić information content (AvgIpc) is 0.822. The predicted octanol–water partition coefficient (Wildman–Crippen LogP) is 2.93. The molecule has 0 aromatic heterocycles. The summed E-state index contributed by atoms with van der Waals surface area (Å²) in [4.78, 5) is 317. The van der Waals surface area contributed by atoms with Crippen LogP contribution in [0.15, 0.2) is 0 Å². The van der Waals surface area contributed by atoms with Crippen molar-refractivity contribution in [1.29, 1.82) is 0 Å². The van der Waals surface area contributed by atoms with Crippen molar-refractivity contribution in [2.45, 2.75) is 149 Å². The van der Waals surface area contributed by atoms with E-state index in [-0.39, 0.29) is 132 Å². The summed E-state index contributed by atoms with van der Waals surface area (Å²) in [5.41, 5.74) is -0.802. The zero-order valence-electron chi connectivity index (χ0n) is 94.9. The fourth-order valence-electron chi connectivity index (χ4n) is 18.8. The number of aliphatic hydroxyl groups is 1. The standard InChI is InChI=1S/C102H184N18O23S/c1-41-102(3,4)101(141)143-60-81(121)59-142-82(122)62-144-61-80(100(140)120(39)40)58-79(99(139)119(37)38)57-78(98(138)118(35)36)56-77(97(137)117(33)34)55-76(96(136)116(31)32)54-75(95(135)115(29)30)53-74(94(134)114(27)28)52-73(93(133)113(25)26)51-72(92(132)112(23)24)50-71(91(131)111(21)22)49-70(90(130)110(19)20)48-69(89(129)109(17)18)47-68(88(128)108(15)16)46-67(87(127)107(13)14)45-66(86(126)106(11)12)44-65(85(125)105(9)10)43-64(84(124)104(7)8)42-63(2)83(123)103(5)6/h63-81,121H,41-62H2,1-40H3. The number of thioether (sulfide) groups is 1. The molecule has 144 heavy (non-hydrogen) atoms. The molecule has 0 spiro atoms. The van der Waals surface area contributed by atoms with E-state index in [1.165, 1.54) is 300 Å². The third kappa shape index (κ3) is 43.8. The number of carbonyl (C=O) groups excluding carboxylic acids is 20. The summed E-state index contributed by atoms with van der Waals surface area (Å²) in [6, 6.07) is 0. The van der Waals surface area contributed by atoms with Gasteiger partial charge in [0, 0.05) is 366 Å². The molecule has 42 heteroatoms. The van der Waals surface area contributed by atoms with Gasteiger partial charge < -0.3 is 103 Å². The molecule has 0 aliphatic rings. The lowest BCUT2D eigenvalue weighted by Gasteiger charge is -2.35. The molecule has 0 radical (unpaired) electrons. The van der Waals surface area contributed by atoms with E-state index in [9.17, 15) is 53.1 Å². The highest BCUT2D eigenvalue weighted by atomic mass is 32.2. The van der Waals surface area contributed by atoms with E-state index in [2.05, 4.69) is 0 Å². The summed E-state index contributed by atoms with van der Waals surface area (Å²) in [7, 11) is 54.5. The van der Waals surface area contributed by atoms with E-state index in [0.29, 0.717) is 6.42 Å². The Labute approximate surface area is 864 Å². The molecule has 0 saturated carbocycles. The van der Waals surface area contributed by atoms with Gasteiger partial charge in [-0.1, -0.05) is 13.8 Å². The summed E-state index contributed by atoms with van der Waals surface area (Å²) in [5.74, 6) is -30.4. The molecule has 19 unspecified atom stereocenters. The monoisotopic (exact) mass is 2060 g/mol. The van der Waals surface area contributed by atoms with Crippen LogP contribution in [0.4, 0.5) is 0 Å². The van der Waals surface area contributed by atoms with Gasteiger partial charge in [0.05, 0.1) is 11.2 Å². The Morgan fingerprint density at radius 2 is 0.347 bits per heavy atom. The fourth-order valence-corrected chi connectivity index (χ4v) is 19.7. The van der Waals surface area contributed by atoms with Gasteiger partial charge in [0.15, 0.2) is 0 Å². The van der Waals surface area contributed by atoms with Crippen molar-refractivity contribution in [3.63, 3.8) is 0 Å². The zero-order valence-corrected chi connectivity index (χ0v) is 95.7. The number of ether oxygens (including phenoxy) is 2. The Balaban J connectivity index is 8.78. The second kappa shape index (κ2) is 62.6. The summed E-state index contributed by atoms with van der Waals surface area (Å²) in [6.07, 6.45) is -4.88. The second-order valence-electron chi connectivity index (χ2n) is 43.6. The van der Waals surface area contributed by atoms with Gasteiger partial charge >= 0.3 is 11.9 Å². The molecular formula is C102H184N18O23S. The number of carbonyl (C=O) groups is 20. The zero-order chi connectivity index (χ0) is 112. The number of hydrogen-bond donors (Lipinski definition) is 1. The maximum atomic E-state index is 15.3. The Hall–Kier alpha value is -10.3. The molecule has 0 aliphatic carbocycles. The summed E-state index contributed by atoms with van der Waals surface area (Å²) in [6.45, 7) is 6.01. The second-order valence-corrected chi connectivity index (χ2v) is 44.7. The van der Waals surface area contributed by atoms with E-state index in [1.54, 1.807) is 63.1 Å². The maximum absolute atomic E-state index is 15.3. The number of nitrogens with zero attached hydrogens (tertiary/aromatic N) is 18. The van der Waals surface area contributed by atoms with Gasteiger partial charge in [0.2, 0.25) is 106 Å². The maximum Gasteiger partial charge on any atom is 0.315 e. The third-order valence-corrected chi connectivity index (χ3v) is 27.9. The van der Waals surface area contributed by atoms with Crippen molar-refractivity contribution in [3.8, 4) is 0 Å². The van der Waals surface area contributed by atoms with Crippen LogP contribution in [-0.4, -0.2) is 496 Å². The SMILES string of the molecule is CCC(C)(C)C(=O)OCC(O)COC(=O)CSCC(CC(CC(CC(CC(CC(CC(CC(CC(CC(CC(CC(CC(CC(CC(CC(CC(CC(C)C(=O)N(C)C)C(=O)N(C)C)C(=O)N(C)C)C(=O)N(C)C)C(=O)N(C)C)C(=O)N(C)C)C(=O)N(C)C)C(=O)N(C)C)C(=O)N(C)C)C(=O)N(C)C)C(=O)N(C)C)C(=O)N(C)C)C(=O)N(C)C)C(=O)N(C)C)C(=O)N(C)C)C(=O)N(C)C)C(=O)N(C)C)C(=O)N(C)C. The smallest absolute Gasteiger partial charge is 0.315 e. The molecule has 0 rings (SSSR count). The first-order valence-electron chi connectivity index (χ1n) is 49.6. The molecule has 0 aliphatic heterocycles. The van der Waals surface area contributed by atoms with Crippen molar-refractivity contribution in [2.24, 2.45) is 112 Å². The van der Waals surface area contributed by atoms with Crippen molar-refractivity contribution in [3.05, 3.63) is 0 Å². The van der Waals surface area contributed by atoms with Crippen molar-refractivity contribution in [2.75, 3.05) is 278 Å². The normalized spacial score (nSPS) is 15.4. The van der Waals surface area contributed by atoms with Gasteiger partial charge in [-0.25, -0.2) is 0 Å². The van der Waals surface area contributed by atoms with Gasteiger partial charge in [-0.05, 0) is 129 Å². The molecule has 19 atom stereocenters. The Morgan fingerprint density at radius 1 is 0.215 bits per heavy atom. The van der Waals surface area contributed by atoms with E-state index >= 15 is 47.9 Å². The third-order valence-electron chi connectivity index (χ3n) is 26.9. The quantitative estimate of drug-likeness (QED) is 0.0855. The first-order chi connectivity index (χ1) is 66.2. The highest BCUT2D eigenvalue weighted by molar-refractivity contribution is 7.99. The molecule has 0 bridgehead atoms. The number of esters is 2. The van der Waals surface area contributed by atoms with E-state index < -0.39 is 238 Å². The summed E-state index contributed by atoms with van der Waals surface area (Å²) >= 11 is 1.04. The minimum absolute atomic E-state index is 0.0117. The van der Waals surface area contributed by atoms with E-state index in [4.69, 9.17) is 9.47 Å². The molecule has 826 valence electrons. The molecule has 0 heterocycles. The van der Waals surface area contributed by atoms with Crippen LogP contribution in [0, 0.1) is 112 Å². The average molecular weight is 2060 g/mol. The largest absolute Gasteiger partial charge is 0.462 e. The van der Waals surface area contributed by atoms with Crippen LogP contribution in [0.3, 0.4) is 0 Å². The number of aliphatic hydroxyl groups excluding tert-OH is 1. The molecule has 0 aromatic rings. The minimum Gasteiger partial charge on any atom is -0.462 e. The number of hydrogen-bond acceptors (Lipinski definition) is 24. The minimum atomic E-state index is -1.33. The lowest BCUT2D eigenvalue weighted by Crippen LogP contribution is -2.43.